The minimum absolute atomic E-state index is 0.0144. The number of hydrogen-bond donors (Lipinski definition) is 3. The van der Waals surface area contributed by atoms with Gasteiger partial charge in [0.2, 0.25) is 23.6 Å². The summed E-state index contributed by atoms with van der Waals surface area (Å²) in [6.45, 7) is 16.0. The lowest BCUT2D eigenvalue weighted by Crippen LogP contribution is -2.59. The zero-order valence-electron chi connectivity index (χ0n) is 34.8. The quantitative estimate of drug-likeness (QED) is 0.173. The van der Waals surface area contributed by atoms with Gasteiger partial charge in [0.1, 0.15) is 6.04 Å². The monoisotopic (exact) mass is 746 g/mol. The first-order valence-corrected chi connectivity index (χ1v) is 19.5. The average Bonchev–Trinajstić information content (AvgIpc) is 3.59. The lowest BCUT2D eigenvalue weighted by atomic mass is 9.89. The molecule has 2 rings (SSSR count). The van der Waals surface area contributed by atoms with E-state index in [9.17, 15) is 24.3 Å². The molecule has 302 valence electrons. The Hall–Kier alpha value is -3.06. The molecule has 10 atom stereocenters. The Bertz CT molecular complexity index is 1290. The Balaban J connectivity index is 2.23. The van der Waals surface area contributed by atoms with Gasteiger partial charge in [-0.15, -0.1) is 0 Å². The summed E-state index contributed by atoms with van der Waals surface area (Å²) in [6, 6.07) is 7.23. The Labute approximate surface area is 319 Å². The number of nitrogens with zero attached hydrogens (tertiary/aromatic N) is 3. The summed E-state index contributed by atoms with van der Waals surface area (Å²) in [5.74, 6) is -1.53. The maximum atomic E-state index is 14.2. The van der Waals surface area contributed by atoms with Gasteiger partial charge in [0.15, 0.2) is 0 Å². The number of rotatable bonds is 21. The van der Waals surface area contributed by atoms with Crippen molar-refractivity contribution in [2.75, 3.05) is 41.9 Å². The molecule has 1 aromatic carbocycles. The summed E-state index contributed by atoms with van der Waals surface area (Å²) >= 11 is 0. The van der Waals surface area contributed by atoms with Crippen LogP contribution in [0.4, 0.5) is 0 Å². The van der Waals surface area contributed by atoms with Gasteiger partial charge < -0.3 is 35.0 Å². The van der Waals surface area contributed by atoms with E-state index in [0.29, 0.717) is 19.4 Å². The van der Waals surface area contributed by atoms with Gasteiger partial charge in [0.05, 0.1) is 54.8 Å². The third-order valence-electron chi connectivity index (χ3n) is 11.2. The molecule has 0 saturated carbocycles. The molecule has 0 spiro atoms. The van der Waals surface area contributed by atoms with Gasteiger partial charge in [0.25, 0.3) is 0 Å². The van der Waals surface area contributed by atoms with E-state index in [1.54, 1.807) is 44.9 Å². The standard InChI is InChI=1S/C41H71N5O7/c1-14-27(6)37(45(11)41(51)35(25(2)3)43-40(50)36(26(4)5)44(9)10)33(52-12)24-34(48)46-22-18-21-31(46)38(53-13)28(7)39(49)42-29(8)32(47)23-30-19-16-15-17-20-30/h15-17,19-20,25-29,31-33,35-38,47H,14,18,21-24H2,1-13H3,(H,42,49)(H,43,50)/t27-,28+,29+,31-,32-,33+,35-,36-,37-,38+/m0/s1. The third-order valence-corrected chi connectivity index (χ3v) is 11.2. The molecule has 12 heteroatoms. The second kappa shape index (κ2) is 21.7. The lowest BCUT2D eigenvalue weighted by molar-refractivity contribution is -0.148. The number of amides is 4. The zero-order chi connectivity index (χ0) is 40.2. The van der Waals surface area contributed by atoms with Crippen molar-refractivity contribution in [2.24, 2.45) is 23.7 Å². The summed E-state index contributed by atoms with van der Waals surface area (Å²) in [4.78, 5) is 60.6. The first-order chi connectivity index (χ1) is 24.9. The third kappa shape index (κ3) is 12.5. The molecule has 53 heavy (non-hydrogen) atoms. The number of likely N-dealkylation sites (tertiary alicyclic amines) is 1. The smallest absolute Gasteiger partial charge is 0.245 e. The van der Waals surface area contributed by atoms with Crippen LogP contribution in [0.25, 0.3) is 0 Å². The number of nitrogens with one attached hydrogen (secondary N) is 2. The fourth-order valence-electron chi connectivity index (χ4n) is 7.90. The Morgan fingerprint density at radius 1 is 0.906 bits per heavy atom. The van der Waals surface area contributed by atoms with E-state index in [-0.39, 0.29) is 53.8 Å². The maximum Gasteiger partial charge on any atom is 0.245 e. The summed E-state index contributed by atoms with van der Waals surface area (Å²) < 4.78 is 11.9. The van der Waals surface area contributed by atoms with Crippen LogP contribution in [0.2, 0.25) is 0 Å². The molecule has 0 aromatic heterocycles. The van der Waals surface area contributed by atoms with Crippen LogP contribution in [0.5, 0.6) is 0 Å². The van der Waals surface area contributed by atoms with Crippen LogP contribution in [0.1, 0.15) is 86.6 Å². The van der Waals surface area contributed by atoms with E-state index < -0.39 is 48.4 Å². The average molecular weight is 746 g/mol. The molecule has 0 aliphatic carbocycles. The molecule has 1 fully saturated rings. The van der Waals surface area contributed by atoms with E-state index in [1.807, 2.05) is 90.9 Å². The van der Waals surface area contributed by atoms with Crippen LogP contribution in [-0.2, 0) is 35.1 Å². The number of methoxy groups -OCH3 is 2. The van der Waals surface area contributed by atoms with E-state index in [0.717, 1.165) is 18.4 Å². The summed E-state index contributed by atoms with van der Waals surface area (Å²) in [5, 5.41) is 16.8. The van der Waals surface area contributed by atoms with Crippen LogP contribution in [0.15, 0.2) is 30.3 Å². The number of aliphatic hydroxyl groups is 1. The molecular weight excluding hydrogens is 674 g/mol. The predicted molar refractivity (Wildman–Crippen MR) is 209 cm³/mol. The number of carbonyl (C=O) groups excluding carboxylic acids is 4. The molecule has 4 amide bonds. The molecule has 0 radical (unpaired) electrons. The first kappa shape index (κ1) is 46.1. The van der Waals surface area contributed by atoms with Crippen molar-refractivity contribution >= 4 is 23.6 Å². The van der Waals surface area contributed by atoms with Crippen molar-refractivity contribution in [3.63, 3.8) is 0 Å². The van der Waals surface area contributed by atoms with E-state index >= 15 is 0 Å². The Morgan fingerprint density at radius 3 is 2.04 bits per heavy atom. The summed E-state index contributed by atoms with van der Waals surface area (Å²) in [5.41, 5.74) is 0.982. The van der Waals surface area contributed by atoms with Crippen LogP contribution in [-0.4, -0.2) is 134 Å². The fourth-order valence-corrected chi connectivity index (χ4v) is 7.90. The molecule has 1 aromatic rings. The van der Waals surface area contributed by atoms with Crippen molar-refractivity contribution in [1.29, 1.82) is 0 Å². The SMILES string of the molecule is CC[C@H](C)[C@@H]([C@@H](CC(=O)N1CCC[C@H]1[C@H](OC)[C@@H](C)C(=O)N[C@H](C)[C@@H](O)Cc1ccccc1)OC)N(C)C(=O)[C@@H](NC(=O)[C@H](C(C)C)N(C)C)C(C)C. The number of carbonyl (C=O) groups is 4. The van der Waals surface area contributed by atoms with Crippen molar-refractivity contribution in [2.45, 2.75) is 136 Å². The largest absolute Gasteiger partial charge is 0.391 e. The lowest BCUT2D eigenvalue weighted by Gasteiger charge is -2.41. The van der Waals surface area contributed by atoms with Crippen molar-refractivity contribution < 1.29 is 33.8 Å². The number of likely N-dealkylation sites (N-methyl/N-ethyl adjacent to an activating group) is 2. The molecule has 1 heterocycles. The van der Waals surface area contributed by atoms with Gasteiger partial charge in [-0.05, 0) is 57.2 Å². The van der Waals surface area contributed by atoms with E-state index in [4.69, 9.17) is 9.47 Å². The van der Waals surface area contributed by atoms with Gasteiger partial charge in [0, 0.05) is 34.2 Å². The Kier molecular flexibility index (Phi) is 18.9. The van der Waals surface area contributed by atoms with Crippen molar-refractivity contribution in [3.8, 4) is 0 Å². The highest BCUT2D eigenvalue weighted by atomic mass is 16.5. The topological polar surface area (TPSA) is 141 Å². The van der Waals surface area contributed by atoms with Gasteiger partial charge in [-0.25, -0.2) is 0 Å². The zero-order valence-corrected chi connectivity index (χ0v) is 34.8. The molecule has 1 aliphatic rings. The highest BCUT2D eigenvalue weighted by Crippen LogP contribution is 2.30. The highest BCUT2D eigenvalue weighted by molar-refractivity contribution is 5.90. The number of ether oxygens (including phenoxy) is 2. The molecular formula is C41H71N5O7. The summed E-state index contributed by atoms with van der Waals surface area (Å²) in [6.07, 6.45) is 0.688. The van der Waals surface area contributed by atoms with Gasteiger partial charge in [-0.1, -0.05) is 85.2 Å². The predicted octanol–water partition coefficient (Wildman–Crippen LogP) is 3.74. The molecule has 1 aliphatic heterocycles. The van der Waals surface area contributed by atoms with Crippen LogP contribution < -0.4 is 10.6 Å². The fraction of sp³-hybridized carbons (Fsp3) is 0.756. The second-order valence-corrected chi connectivity index (χ2v) is 16.0. The molecule has 0 unspecified atom stereocenters. The van der Waals surface area contributed by atoms with Gasteiger partial charge in [-0.2, -0.15) is 0 Å². The minimum atomic E-state index is -0.768. The molecule has 0 bridgehead atoms. The van der Waals surface area contributed by atoms with E-state index in [1.165, 1.54) is 0 Å². The number of hydrogen-bond acceptors (Lipinski definition) is 8. The second-order valence-electron chi connectivity index (χ2n) is 16.0. The van der Waals surface area contributed by atoms with Crippen LogP contribution in [0.3, 0.4) is 0 Å². The normalized spacial score (nSPS) is 19.9. The number of benzene rings is 1. The molecule has 1 saturated heterocycles. The molecule has 3 N–H and O–H groups in total. The Morgan fingerprint density at radius 2 is 1.53 bits per heavy atom. The molecule has 12 nitrogen and oxygen atoms in total. The van der Waals surface area contributed by atoms with Gasteiger partial charge in [-0.3, -0.25) is 24.1 Å². The summed E-state index contributed by atoms with van der Waals surface area (Å²) in [7, 11) is 8.58. The van der Waals surface area contributed by atoms with E-state index in [2.05, 4.69) is 10.6 Å². The maximum absolute atomic E-state index is 14.2. The minimum Gasteiger partial charge on any atom is -0.391 e. The van der Waals surface area contributed by atoms with Crippen LogP contribution in [0, 0.1) is 23.7 Å². The first-order valence-electron chi connectivity index (χ1n) is 19.5. The van der Waals surface area contributed by atoms with Crippen molar-refractivity contribution in [1.82, 2.24) is 25.3 Å². The number of aliphatic hydroxyl groups excluding tert-OH is 1. The highest BCUT2D eigenvalue weighted by Gasteiger charge is 2.43. The van der Waals surface area contributed by atoms with Gasteiger partial charge >= 0.3 is 0 Å². The van der Waals surface area contributed by atoms with Crippen LogP contribution >= 0.6 is 0 Å². The van der Waals surface area contributed by atoms with Crippen molar-refractivity contribution in [3.05, 3.63) is 35.9 Å².